The summed E-state index contributed by atoms with van der Waals surface area (Å²) in [5, 5.41) is 3.13. The summed E-state index contributed by atoms with van der Waals surface area (Å²) in [6, 6.07) is 6.10. The van der Waals surface area contributed by atoms with Crippen LogP contribution in [-0.2, 0) is 13.2 Å². The van der Waals surface area contributed by atoms with E-state index in [9.17, 15) is 0 Å². The van der Waals surface area contributed by atoms with Crippen molar-refractivity contribution in [3.05, 3.63) is 50.9 Å². The van der Waals surface area contributed by atoms with Gasteiger partial charge in [0.05, 0.1) is 0 Å². The molecule has 0 fully saturated rings. The van der Waals surface area contributed by atoms with Crippen molar-refractivity contribution in [2.45, 2.75) is 33.9 Å². The second-order valence-electron chi connectivity index (χ2n) is 4.98. The maximum absolute atomic E-state index is 5.82. The highest BCUT2D eigenvalue weighted by molar-refractivity contribution is 9.10. The van der Waals surface area contributed by atoms with E-state index in [0.717, 1.165) is 28.3 Å². The molecule has 0 radical (unpaired) electrons. The number of hydrogen-bond donors (Lipinski definition) is 1. The molecule has 1 heterocycles. The lowest BCUT2D eigenvalue weighted by Crippen LogP contribution is -2.04. The van der Waals surface area contributed by atoms with E-state index in [1.54, 1.807) is 0 Å². The standard InChI is InChI=1S/C16H20BrNO2/c1-10-5-14(6-11(2)16(10)17)19-9-15-7-13(8-18-4)12(3)20-15/h5-7,18H,8-9H2,1-4H3. The molecule has 2 rings (SSSR count). The zero-order valence-electron chi connectivity index (χ0n) is 12.3. The van der Waals surface area contributed by atoms with Crippen LogP contribution in [0.15, 0.2) is 27.1 Å². The molecule has 0 bridgehead atoms. The molecular weight excluding hydrogens is 318 g/mol. The van der Waals surface area contributed by atoms with Crippen molar-refractivity contribution >= 4 is 15.9 Å². The van der Waals surface area contributed by atoms with Gasteiger partial charge in [-0.3, -0.25) is 0 Å². The molecule has 0 aliphatic rings. The Kier molecular flexibility index (Phi) is 4.89. The molecule has 0 saturated carbocycles. The first kappa shape index (κ1) is 15.1. The molecule has 108 valence electrons. The van der Waals surface area contributed by atoms with E-state index in [1.165, 1.54) is 16.7 Å². The smallest absolute Gasteiger partial charge is 0.146 e. The van der Waals surface area contributed by atoms with Gasteiger partial charge in [0.1, 0.15) is 23.9 Å². The Morgan fingerprint density at radius 2 is 1.80 bits per heavy atom. The zero-order chi connectivity index (χ0) is 14.7. The van der Waals surface area contributed by atoms with Crippen molar-refractivity contribution in [3.8, 4) is 5.75 Å². The lowest BCUT2D eigenvalue weighted by molar-refractivity contribution is 0.267. The van der Waals surface area contributed by atoms with Crippen LogP contribution in [-0.4, -0.2) is 7.05 Å². The second-order valence-corrected chi connectivity index (χ2v) is 5.78. The summed E-state index contributed by atoms with van der Waals surface area (Å²) in [5.74, 6) is 2.67. The molecule has 1 aromatic carbocycles. The zero-order valence-corrected chi connectivity index (χ0v) is 13.9. The number of halogens is 1. The molecule has 3 nitrogen and oxygen atoms in total. The molecule has 20 heavy (non-hydrogen) atoms. The lowest BCUT2D eigenvalue weighted by atomic mass is 10.1. The number of rotatable bonds is 5. The lowest BCUT2D eigenvalue weighted by Gasteiger charge is -2.09. The highest BCUT2D eigenvalue weighted by Crippen LogP contribution is 2.27. The fraction of sp³-hybridized carbons (Fsp3) is 0.375. The largest absolute Gasteiger partial charge is 0.486 e. The van der Waals surface area contributed by atoms with E-state index in [0.29, 0.717) is 6.61 Å². The molecular formula is C16H20BrNO2. The Balaban J connectivity index is 2.07. The van der Waals surface area contributed by atoms with Gasteiger partial charge in [-0.15, -0.1) is 0 Å². The monoisotopic (exact) mass is 337 g/mol. The molecule has 0 atom stereocenters. The van der Waals surface area contributed by atoms with Crippen molar-refractivity contribution in [1.29, 1.82) is 0 Å². The summed E-state index contributed by atoms with van der Waals surface area (Å²) >= 11 is 3.56. The molecule has 1 aromatic heterocycles. The Bertz CT molecular complexity index is 582. The summed E-state index contributed by atoms with van der Waals surface area (Å²) in [6.07, 6.45) is 0. The number of nitrogens with one attached hydrogen (secondary N) is 1. The van der Waals surface area contributed by atoms with Gasteiger partial charge in [-0.2, -0.15) is 0 Å². The predicted octanol–water partition coefficient (Wildman–Crippen LogP) is 4.27. The van der Waals surface area contributed by atoms with Gasteiger partial charge >= 0.3 is 0 Å². The first-order valence-electron chi connectivity index (χ1n) is 6.63. The van der Waals surface area contributed by atoms with Gasteiger partial charge in [0.15, 0.2) is 0 Å². The van der Waals surface area contributed by atoms with E-state index in [-0.39, 0.29) is 0 Å². The van der Waals surface area contributed by atoms with E-state index in [4.69, 9.17) is 9.15 Å². The molecule has 0 amide bonds. The third-order valence-corrected chi connectivity index (χ3v) is 4.48. The van der Waals surface area contributed by atoms with Crippen LogP contribution in [0.3, 0.4) is 0 Å². The van der Waals surface area contributed by atoms with E-state index >= 15 is 0 Å². The van der Waals surface area contributed by atoms with Crippen LogP contribution in [0.2, 0.25) is 0 Å². The maximum Gasteiger partial charge on any atom is 0.146 e. The first-order chi connectivity index (χ1) is 9.51. The number of hydrogen-bond acceptors (Lipinski definition) is 3. The van der Waals surface area contributed by atoms with E-state index < -0.39 is 0 Å². The van der Waals surface area contributed by atoms with Gasteiger partial charge in [-0.1, -0.05) is 15.9 Å². The molecule has 1 N–H and O–H groups in total. The molecule has 0 spiro atoms. The van der Waals surface area contributed by atoms with Crippen LogP contribution >= 0.6 is 15.9 Å². The minimum absolute atomic E-state index is 0.449. The SMILES string of the molecule is CNCc1cc(COc2cc(C)c(Br)c(C)c2)oc1C. The van der Waals surface area contributed by atoms with Crippen LogP contribution in [0.1, 0.15) is 28.2 Å². The second kappa shape index (κ2) is 6.46. The van der Waals surface area contributed by atoms with E-state index in [1.807, 2.05) is 32.2 Å². The van der Waals surface area contributed by atoms with Gasteiger partial charge < -0.3 is 14.5 Å². The number of ether oxygens (including phenoxy) is 1. The van der Waals surface area contributed by atoms with Gasteiger partial charge in [0.25, 0.3) is 0 Å². The summed E-state index contributed by atoms with van der Waals surface area (Å²) in [7, 11) is 1.93. The van der Waals surface area contributed by atoms with Crippen LogP contribution in [0.25, 0.3) is 0 Å². The number of aryl methyl sites for hydroxylation is 3. The molecule has 0 saturated heterocycles. The van der Waals surface area contributed by atoms with Crippen molar-refractivity contribution in [1.82, 2.24) is 5.32 Å². The van der Waals surface area contributed by atoms with Crippen molar-refractivity contribution in [2.24, 2.45) is 0 Å². The molecule has 0 unspecified atom stereocenters. The molecule has 4 heteroatoms. The third-order valence-electron chi connectivity index (χ3n) is 3.23. The predicted molar refractivity (Wildman–Crippen MR) is 84.2 cm³/mol. The summed E-state index contributed by atoms with van der Waals surface area (Å²) in [6.45, 7) is 7.36. The Morgan fingerprint density at radius 3 is 2.40 bits per heavy atom. The Morgan fingerprint density at radius 1 is 1.15 bits per heavy atom. The molecule has 0 aliphatic carbocycles. The summed E-state index contributed by atoms with van der Waals surface area (Å²) < 4.78 is 12.7. The van der Waals surface area contributed by atoms with Gasteiger partial charge in [-0.25, -0.2) is 0 Å². The van der Waals surface area contributed by atoms with Crippen LogP contribution in [0, 0.1) is 20.8 Å². The third kappa shape index (κ3) is 3.44. The first-order valence-corrected chi connectivity index (χ1v) is 7.43. The van der Waals surface area contributed by atoms with Crippen molar-refractivity contribution in [2.75, 3.05) is 7.05 Å². The Hall–Kier alpha value is -1.26. The van der Waals surface area contributed by atoms with E-state index in [2.05, 4.69) is 35.1 Å². The van der Waals surface area contributed by atoms with Gasteiger partial charge in [-0.05, 0) is 57.1 Å². The average Bonchev–Trinajstić information content (AvgIpc) is 2.75. The molecule has 2 aromatic rings. The van der Waals surface area contributed by atoms with Crippen LogP contribution in [0.5, 0.6) is 5.75 Å². The van der Waals surface area contributed by atoms with Crippen molar-refractivity contribution in [3.63, 3.8) is 0 Å². The summed E-state index contributed by atoms with van der Waals surface area (Å²) in [4.78, 5) is 0. The normalized spacial score (nSPS) is 10.8. The fourth-order valence-electron chi connectivity index (χ4n) is 2.17. The number of furan rings is 1. The van der Waals surface area contributed by atoms with Gasteiger partial charge in [0.2, 0.25) is 0 Å². The maximum atomic E-state index is 5.82. The number of benzene rings is 1. The molecule has 0 aliphatic heterocycles. The fourth-order valence-corrected chi connectivity index (χ4v) is 2.40. The van der Waals surface area contributed by atoms with Crippen LogP contribution < -0.4 is 10.1 Å². The highest BCUT2D eigenvalue weighted by atomic mass is 79.9. The minimum atomic E-state index is 0.449. The minimum Gasteiger partial charge on any atom is -0.486 e. The van der Waals surface area contributed by atoms with Crippen molar-refractivity contribution < 1.29 is 9.15 Å². The quantitative estimate of drug-likeness (QED) is 0.884. The Labute approximate surface area is 128 Å². The highest BCUT2D eigenvalue weighted by Gasteiger charge is 2.08. The topological polar surface area (TPSA) is 34.4 Å². The van der Waals surface area contributed by atoms with Crippen LogP contribution in [0.4, 0.5) is 0 Å². The average molecular weight is 338 g/mol. The summed E-state index contributed by atoms with van der Waals surface area (Å²) in [5.41, 5.74) is 3.52. The van der Waals surface area contributed by atoms with Gasteiger partial charge in [0, 0.05) is 16.6 Å².